The largest absolute Gasteiger partial charge is 0.400 e. The van der Waals surface area contributed by atoms with Gasteiger partial charge in [0.05, 0.1) is 0 Å². The van der Waals surface area contributed by atoms with Crippen LogP contribution in [0.4, 0.5) is 8.78 Å². The molecular weight excluding hydrogens is 500 g/mol. The predicted octanol–water partition coefficient (Wildman–Crippen LogP) is 5.67. The first-order valence-electron chi connectivity index (χ1n) is 13.8. The van der Waals surface area contributed by atoms with E-state index < -0.39 is 11.6 Å². The van der Waals surface area contributed by atoms with Gasteiger partial charge in [0.15, 0.2) is 0 Å². The fraction of sp³-hybridized carbons (Fsp3) is 0.548. The molecule has 220 valence electrons. The minimum absolute atomic E-state index is 0.0493. The molecule has 0 atom stereocenters. The molecule has 2 aromatic carbocycles. The van der Waals surface area contributed by atoms with Gasteiger partial charge in [0, 0.05) is 38.4 Å². The number of carbonyl (C=O) groups is 2. The normalized spacial score (nSPS) is 12.1. The van der Waals surface area contributed by atoms with E-state index in [1.54, 1.807) is 11.8 Å². The molecule has 2 N–H and O–H groups in total. The van der Waals surface area contributed by atoms with Crippen LogP contribution in [-0.2, 0) is 4.79 Å². The number of hydrogen-bond donors (Lipinski definition) is 2. The molecule has 2 aromatic rings. The second-order valence-corrected chi connectivity index (χ2v) is 9.62. The Balaban J connectivity index is 0.000000606. The van der Waals surface area contributed by atoms with Crippen molar-refractivity contribution in [2.24, 2.45) is 0 Å². The third kappa shape index (κ3) is 17.4. The maximum atomic E-state index is 12.2. The zero-order chi connectivity index (χ0) is 29.6. The van der Waals surface area contributed by atoms with Crippen LogP contribution in [0.25, 0.3) is 0 Å². The fourth-order valence-corrected chi connectivity index (χ4v) is 4.20. The van der Waals surface area contributed by atoms with Gasteiger partial charge in [-0.25, -0.2) is 8.78 Å². The smallest absolute Gasteiger partial charge is 0.251 e. The molecule has 1 aliphatic heterocycles. The number of aliphatic hydroxyl groups excluding tert-OH is 1. The number of aryl methyl sites for hydroxylation is 3. The molecule has 39 heavy (non-hydrogen) atoms. The fourth-order valence-electron chi connectivity index (χ4n) is 4.20. The molecule has 0 aromatic heterocycles. The van der Waals surface area contributed by atoms with Crippen molar-refractivity contribution in [2.45, 2.75) is 66.7 Å². The molecule has 2 amide bonds. The summed E-state index contributed by atoms with van der Waals surface area (Å²) < 4.78 is 24.4. The Morgan fingerprint density at radius 1 is 0.897 bits per heavy atom. The van der Waals surface area contributed by atoms with Gasteiger partial charge in [-0.05, 0) is 102 Å². The number of aliphatic hydroxyl groups is 1. The highest BCUT2D eigenvalue weighted by molar-refractivity contribution is 5.94. The number of benzene rings is 2. The van der Waals surface area contributed by atoms with Crippen LogP contribution in [0.5, 0.6) is 0 Å². The van der Waals surface area contributed by atoms with Gasteiger partial charge in [-0.3, -0.25) is 9.59 Å². The van der Waals surface area contributed by atoms with Crippen molar-refractivity contribution >= 4 is 12.3 Å². The number of amides is 2. The Morgan fingerprint density at radius 3 is 1.82 bits per heavy atom. The summed E-state index contributed by atoms with van der Waals surface area (Å²) in [6, 6.07) is 9.40. The van der Waals surface area contributed by atoms with E-state index in [9.17, 15) is 18.4 Å². The second kappa shape index (κ2) is 22.0. The van der Waals surface area contributed by atoms with Crippen LogP contribution >= 0.6 is 0 Å². The molecule has 0 saturated carbocycles. The summed E-state index contributed by atoms with van der Waals surface area (Å²) in [5.41, 5.74) is 3.66. The summed E-state index contributed by atoms with van der Waals surface area (Å²) in [5, 5.41) is 10.0. The molecule has 0 aliphatic carbocycles. The van der Waals surface area contributed by atoms with Crippen molar-refractivity contribution < 1.29 is 23.5 Å². The Bertz CT molecular complexity index is 874. The standard InChI is InChI=1S/C16H24N2O.C7H6F2.C7H15NO.CH4O/c1-13-10-14(2)12-15(11-13)16(19)17-6-5-9-18-7-3-4-8-18;1-5-2-6(8)4-7(9)3-5;1-3-5-8(7-9)6-4-2;1-2/h10-12H,3-9H2,1-2H3,(H,17,19);2-4H,1H3;7H,3-6H2,1-2H3;2H,1H3. The summed E-state index contributed by atoms with van der Waals surface area (Å²) in [5.74, 6) is -0.992. The second-order valence-electron chi connectivity index (χ2n) is 9.62. The van der Waals surface area contributed by atoms with E-state index in [1.807, 2.05) is 26.0 Å². The maximum absolute atomic E-state index is 12.2. The van der Waals surface area contributed by atoms with Gasteiger partial charge in [-0.15, -0.1) is 0 Å². The minimum atomic E-state index is -0.521. The van der Waals surface area contributed by atoms with Crippen molar-refractivity contribution in [1.29, 1.82) is 0 Å². The monoisotopic (exact) mass is 549 g/mol. The number of rotatable bonds is 10. The minimum Gasteiger partial charge on any atom is -0.400 e. The number of likely N-dealkylation sites (tertiary alicyclic amines) is 1. The Labute approximate surface area is 234 Å². The van der Waals surface area contributed by atoms with Gasteiger partial charge in [-0.1, -0.05) is 31.0 Å². The number of nitrogens with zero attached hydrogens (tertiary/aromatic N) is 2. The van der Waals surface area contributed by atoms with Gasteiger partial charge in [-0.2, -0.15) is 0 Å². The Hall–Kier alpha value is -2.84. The highest BCUT2D eigenvalue weighted by atomic mass is 19.1. The van der Waals surface area contributed by atoms with E-state index in [0.29, 0.717) is 5.56 Å². The SMILES string of the molecule is CCCN(C=O)CCC.CO.Cc1cc(C)cc(C(=O)NCCCN2CCCC2)c1.Cc1cc(F)cc(F)c1. The van der Waals surface area contributed by atoms with Crippen molar-refractivity contribution in [2.75, 3.05) is 46.4 Å². The highest BCUT2D eigenvalue weighted by Gasteiger charge is 2.11. The summed E-state index contributed by atoms with van der Waals surface area (Å²) in [6.45, 7) is 16.0. The summed E-state index contributed by atoms with van der Waals surface area (Å²) in [7, 11) is 1.00. The van der Waals surface area contributed by atoms with Crippen molar-refractivity contribution in [3.8, 4) is 0 Å². The molecule has 1 fully saturated rings. The van der Waals surface area contributed by atoms with Crippen LogP contribution in [0.1, 0.15) is 73.0 Å². The zero-order valence-electron chi connectivity index (χ0n) is 24.7. The quantitative estimate of drug-likeness (QED) is 0.296. The molecule has 0 bridgehead atoms. The molecule has 8 heteroatoms. The van der Waals surface area contributed by atoms with E-state index in [4.69, 9.17) is 5.11 Å². The van der Waals surface area contributed by atoms with Crippen molar-refractivity contribution in [3.05, 3.63) is 70.3 Å². The predicted molar refractivity (Wildman–Crippen MR) is 156 cm³/mol. The molecule has 6 nitrogen and oxygen atoms in total. The summed E-state index contributed by atoms with van der Waals surface area (Å²) in [4.78, 5) is 26.5. The molecule has 1 heterocycles. The molecule has 0 radical (unpaired) electrons. The van der Waals surface area contributed by atoms with Crippen LogP contribution < -0.4 is 5.32 Å². The van der Waals surface area contributed by atoms with Crippen molar-refractivity contribution in [3.63, 3.8) is 0 Å². The first kappa shape index (κ1) is 36.2. The van der Waals surface area contributed by atoms with Gasteiger partial charge < -0.3 is 20.2 Å². The Morgan fingerprint density at radius 2 is 1.38 bits per heavy atom. The number of hydrogen-bond acceptors (Lipinski definition) is 4. The van der Waals surface area contributed by atoms with Crippen LogP contribution in [-0.4, -0.2) is 73.6 Å². The molecule has 1 saturated heterocycles. The van der Waals surface area contributed by atoms with E-state index >= 15 is 0 Å². The van der Waals surface area contributed by atoms with Crippen LogP contribution in [0.15, 0.2) is 36.4 Å². The molecule has 1 aliphatic rings. The van der Waals surface area contributed by atoms with E-state index in [-0.39, 0.29) is 5.91 Å². The lowest BCUT2D eigenvalue weighted by Gasteiger charge is -2.14. The first-order chi connectivity index (χ1) is 18.7. The van der Waals surface area contributed by atoms with E-state index in [0.717, 1.165) is 81.7 Å². The third-order valence-electron chi connectivity index (χ3n) is 5.80. The lowest BCUT2D eigenvalue weighted by atomic mass is 10.1. The zero-order valence-corrected chi connectivity index (χ0v) is 24.7. The molecule has 3 rings (SSSR count). The van der Waals surface area contributed by atoms with Crippen LogP contribution in [0, 0.1) is 32.4 Å². The van der Waals surface area contributed by atoms with Gasteiger partial charge in [0.1, 0.15) is 11.6 Å². The molecule has 0 spiro atoms. The topological polar surface area (TPSA) is 72.9 Å². The van der Waals surface area contributed by atoms with E-state index in [2.05, 4.69) is 30.1 Å². The lowest BCUT2D eigenvalue weighted by molar-refractivity contribution is -0.118. The maximum Gasteiger partial charge on any atom is 0.251 e. The average Bonchev–Trinajstić information content (AvgIpc) is 3.40. The van der Waals surface area contributed by atoms with Crippen molar-refractivity contribution in [1.82, 2.24) is 15.1 Å². The van der Waals surface area contributed by atoms with Crippen LogP contribution in [0.3, 0.4) is 0 Å². The van der Waals surface area contributed by atoms with Gasteiger partial charge in [0.25, 0.3) is 5.91 Å². The lowest BCUT2D eigenvalue weighted by Crippen LogP contribution is -2.28. The number of nitrogens with one attached hydrogen (secondary N) is 1. The number of carbonyl (C=O) groups excluding carboxylic acids is 2. The van der Waals surface area contributed by atoms with Gasteiger partial charge in [0.2, 0.25) is 6.41 Å². The average molecular weight is 550 g/mol. The number of halogens is 2. The summed E-state index contributed by atoms with van der Waals surface area (Å²) in [6.07, 6.45) is 6.73. The third-order valence-corrected chi connectivity index (χ3v) is 5.80. The van der Waals surface area contributed by atoms with Gasteiger partial charge >= 0.3 is 0 Å². The van der Waals surface area contributed by atoms with E-state index in [1.165, 1.54) is 38.1 Å². The summed E-state index contributed by atoms with van der Waals surface area (Å²) >= 11 is 0. The van der Waals surface area contributed by atoms with Crippen LogP contribution in [0.2, 0.25) is 0 Å². The highest BCUT2D eigenvalue weighted by Crippen LogP contribution is 2.09. The Kier molecular flexibility index (Phi) is 20.4. The molecular formula is C31H49F2N3O3. The molecule has 0 unspecified atom stereocenters. The first-order valence-corrected chi connectivity index (χ1v) is 13.8.